The molecule has 1 unspecified atom stereocenters. The third-order valence-electron chi connectivity index (χ3n) is 8.83. The van der Waals surface area contributed by atoms with Gasteiger partial charge in [0.2, 0.25) is 17.7 Å². The van der Waals surface area contributed by atoms with Crippen LogP contribution in [0.15, 0.2) is 22.0 Å². The van der Waals surface area contributed by atoms with Gasteiger partial charge in [-0.25, -0.2) is 0 Å². The van der Waals surface area contributed by atoms with Crippen LogP contribution in [0.4, 0.5) is 0 Å². The normalized spacial score (nSPS) is 33.1. The fourth-order valence-corrected chi connectivity index (χ4v) is 6.26. The van der Waals surface area contributed by atoms with Crippen molar-refractivity contribution < 1.29 is 19.5 Å². The van der Waals surface area contributed by atoms with Gasteiger partial charge in [0.25, 0.3) is 0 Å². The Labute approximate surface area is 219 Å². The third kappa shape index (κ3) is 6.24. The van der Waals surface area contributed by atoms with E-state index in [1.807, 2.05) is 0 Å². The molecule has 3 aliphatic heterocycles. The van der Waals surface area contributed by atoms with Gasteiger partial charge in [0.05, 0.1) is 23.9 Å². The van der Waals surface area contributed by atoms with E-state index < -0.39 is 12.1 Å². The van der Waals surface area contributed by atoms with Gasteiger partial charge < -0.3 is 20.6 Å². The fraction of sp³-hybridized carbons (Fsp3) is 0.821. The minimum absolute atomic E-state index is 0.0397. The highest BCUT2D eigenvalue weighted by molar-refractivity contribution is 5.90. The van der Waals surface area contributed by atoms with Gasteiger partial charge in [-0.05, 0) is 62.7 Å². The van der Waals surface area contributed by atoms with Crippen LogP contribution < -0.4 is 10.6 Å². The lowest BCUT2D eigenvalue weighted by Crippen LogP contribution is -2.59. The number of amides is 3. The minimum Gasteiger partial charge on any atom is -0.391 e. The van der Waals surface area contributed by atoms with Crippen molar-refractivity contribution >= 4 is 17.7 Å². The number of likely N-dealkylation sites (tertiary alicyclic amines) is 1. The van der Waals surface area contributed by atoms with E-state index in [0.29, 0.717) is 31.1 Å². The Kier molecular flexibility index (Phi) is 7.44. The van der Waals surface area contributed by atoms with Crippen LogP contribution in [0.1, 0.15) is 85.0 Å². The zero-order valence-corrected chi connectivity index (χ0v) is 22.5. The molecule has 204 valence electrons. The monoisotopic (exact) mass is 513 g/mol. The highest BCUT2D eigenvalue weighted by atomic mass is 16.3. The zero-order chi connectivity index (χ0) is 26.3. The van der Waals surface area contributed by atoms with Crippen molar-refractivity contribution in [2.45, 2.75) is 115 Å². The van der Waals surface area contributed by atoms with E-state index in [1.54, 1.807) is 4.90 Å². The van der Waals surface area contributed by atoms with E-state index in [1.165, 1.54) is 12.8 Å². The molecule has 0 aromatic carbocycles. The number of nitrogens with one attached hydrogen (secondary N) is 2. The summed E-state index contributed by atoms with van der Waals surface area (Å²) < 4.78 is 0. The Morgan fingerprint density at radius 1 is 1.22 bits per heavy atom. The van der Waals surface area contributed by atoms with Crippen molar-refractivity contribution in [2.24, 2.45) is 33.4 Å². The van der Waals surface area contributed by atoms with Crippen molar-refractivity contribution in [1.29, 1.82) is 0 Å². The standard InChI is InChI=1S/C28H43N5O4/c1-28(2,3)20(10-8-18-9-11-21(32-31-18)16-4-5-16)27(37)33-15-19(34)14-23(33)26(36)29-22-12-13-24(35)30-25(22)17-6-7-17/h11,16-20,22-23,25,34H,4-10,12-15H2,1-3H3,(H,29,36)(H,30,35)/t18?,19-,20-,22-,23+,25+/m1/s1. The summed E-state index contributed by atoms with van der Waals surface area (Å²) in [6, 6.07) is -0.772. The molecule has 2 aliphatic carbocycles. The summed E-state index contributed by atoms with van der Waals surface area (Å²) in [5.74, 6) is 0.483. The molecule has 0 aromatic rings. The van der Waals surface area contributed by atoms with Gasteiger partial charge in [-0.3, -0.25) is 14.4 Å². The number of carbonyl (C=O) groups excluding carboxylic acids is 3. The smallest absolute Gasteiger partial charge is 0.243 e. The number of piperidine rings is 1. The maximum atomic E-state index is 13.9. The molecule has 9 heteroatoms. The second kappa shape index (κ2) is 10.5. The molecular weight excluding hydrogens is 470 g/mol. The summed E-state index contributed by atoms with van der Waals surface area (Å²) in [4.78, 5) is 40.9. The molecule has 0 aromatic heterocycles. The summed E-state index contributed by atoms with van der Waals surface area (Å²) in [6.45, 7) is 6.37. The van der Waals surface area contributed by atoms with Gasteiger partial charge in [0.15, 0.2) is 0 Å². The molecule has 9 nitrogen and oxygen atoms in total. The largest absolute Gasteiger partial charge is 0.391 e. The number of carbonyl (C=O) groups is 3. The zero-order valence-electron chi connectivity index (χ0n) is 22.5. The second-order valence-corrected chi connectivity index (χ2v) is 13.0. The molecule has 2 saturated carbocycles. The van der Waals surface area contributed by atoms with E-state index in [2.05, 4.69) is 47.7 Å². The molecule has 37 heavy (non-hydrogen) atoms. The molecule has 5 aliphatic rings. The van der Waals surface area contributed by atoms with Gasteiger partial charge in [-0.1, -0.05) is 26.8 Å². The first-order valence-electron chi connectivity index (χ1n) is 14.3. The molecule has 2 saturated heterocycles. The van der Waals surface area contributed by atoms with Crippen LogP contribution in [0.3, 0.4) is 0 Å². The average Bonchev–Trinajstić information content (AvgIpc) is 3.77. The quantitative estimate of drug-likeness (QED) is 0.461. The number of hydrogen-bond donors (Lipinski definition) is 3. The fourth-order valence-electron chi connectivity index (χ4n) is 6.26. The number of nitrogens with zero attached hydrogens (tertiary/aromatic N) is 3. The van der Waals surface area contributed by atoms with Gasteiger partial charge >= 0.3 is 0 Å². The van der Waals surface area contributed by atoms with Crippen LogP contribution in [0.5, 0.6) is 0 Å². The molecule has 0 bridgehead atoms. The van der Waals surface area contributed by atoms with Gasteiger partial charge in [0, 0.05) is 37.3 Å². The molecule has 0 spiro atoms. The van der Waals surface area contributed by atoms with E-state index in [-0.39, 0.29) is 60.1 Å². The second-order valence-electron chi connectivity index (χ2n) is 13.0. The highest BCUT2D eigenvalue weighted by Crippen LogP contribution is 2.40. The number of allylic oxidation sites excluding steroid dienone is 1. The molecule has 5 rings (SSSR count). The van der Waals surface area contributed by atoms with Crippen LogP contribution >= 0.6 is 0 Å². The molecule has 6 atom stereocenters. The lowest BCUT2D eigenvalue weighted by molar-refractivity contribution is -0.145. The van der Waals surface area contributed by atoms with Crippen molar-refractivity contribution in [3.63, 3.8) is 0 Å². The average molecular weight is 514 g/mol. The predicted molar refractivity (Wildman–Crippen MR) is 138 cm³/mol. The Morgan fingerprint density at radius 3 is 2.59 bits per heavy atom. The van der Waals surface area contributed by atoms with Crippen LogP contribution in [-0.2, 0) is 14.4 Å². The lowest BCUT2D eigenvalue weighted by atomic mass is 9.76. The molecule has 3 amide bonds. The summed E-state index contributed by atoms with van der Waals surface area (Å²) in [5, 5.41) is 25.7. The Balaban J connectivity index is 1.22. The number of aliphatic hydroxyl groups excluding tert-OH is 1. The molecular formula is C28H43N5O4. The van der Waals surface area contributed by atoms with Crippen molar-refractivity contribution in [3.8, 4) is 0 Å². The van der Waals surface area contributed by atoms with Gasteiger partial charge in [-0.2, -0.15) is 10.2 Å². The van der Waals surface area contributed by atoms with Crippen LogP contribution in [-0.4, -0.2) is 64.5 Å². The number of azo groups is 1. The van der Waals surface area contributed by atoms with Crippen LogP contribution in [0.2, 0.25) is 0 Å². The first-order chi connectivity index (χ1) is 17.6. The van der Waals surface area contributed by atoms with Crippen molar-refractivity contribution in [1.82, 2.24) is 15.5 Å². The molecule has 0 radical (unpaired) electrons. The van der Waals surface area contributed by atoms with Crippen molar-refractivity contribution in [3.05, 3.63) is 11.8 Å². The summed E-state index contributed by atoms with van der Waals surface area (Å²) in [5.41, 5.74) is 0.832. The van der Waals surface area contributed by atoms with E-state index in [0.717, 1.165) is 31.4 Å². The topological polar surface area (TPSA) is 123 Å². The summed E-state index contributed by atoms with van der Waals surface area (Å²) >= 11 is 0. The molecule has 3 N–H and O–H groups in total. The Hall–Kier alpha value is -2.29. The highest BCUT2D eigenvalue weighted by Gasteiger charge is 2.46. The van der Waals surface area contributed by atoms with Crippen molar-refractivity contribution in [2.75, 3.05) is 6.54 Å². The Morgan fingerprint density at radius 2 is 1.97 bits per heavy atom. The van der Waals surface area contributed by atoms with Gasteiger partial charge in [-0.15, -0.1) is 0 Å². The Bertz CT molecular complexity index is 964. The maximum Gasteiger partial charge on any atom is 0.243 e. The van der Waals surface area contributed by atoms with Crippen LogP contribution in [0.25, 0.3) is 0 Å². The SMILES string of the molecule is CC(C)(C)[C@H](CCC1CC=C(C2CC2)N=N1)C(=O)N1C[C@H](O)C[C@H]1C(=O)N[C@@H]1CCC(=O)N[C@H]1C1CC1. The minimum atomic E-state index is -0.719. The summed E-state index contributed by atoms with van der Waals surface area (Å²) in [7, 11) is 0. The number of β-amino-alcohol motifs (C(OH)–C–C–N with tert-alkyl or cyclic N) is 1. The lowest BCUT2D eigenvalue weighted by Gasteiger charge is -2.37. The molecule has 3 heterocycles. The third-order valence-corrected chi connectivity index (χ3v) is 8.83. The maximum absolute atomic E-state index is 13.9. The first kappa shape index (κ1) is 26.3. The van der Waals surface area contributed by atoms with E-state index >= 15 is 0 Å². The van der Waals surface area contributed by atoms with Crippen LogP contribution in [0, 0.1) is 23.2 Å². The first-order valence-corrected chi connectivity index (χ1v) is 14.3. The van der Waals surface area contributed by atoms with E-state index in [9.17, 15) is 19.5 Å². The van der Waals surface area contributed by atoms with E-state index in [4.69, 9.17) is 0 Å². The van der Waals surface area contributed by atoms with Gasteiger partial charge in [0.1, 0.15) is 6.04 Å². The molecule has 4 fully saturated rings. The number of aliphatic hydroxyl groups is 1. The number of hydrogen-bond acceptors (Lipinski definition) is 6. The predicted octanol–water partition coefficient (Wildman–Crippen LogP) is 3.08. The number of rotatable bonds is 8. The summed E-state index contributed by atoms with van der Waals surface area (Å²) in [6.07, 6.45) is 9.60.